The molecule has 0 spiro atoms. The molecule has 0 heterocycles. The summed E-state index contributed by atoms with van der Waals surface area (Å²) in [7, 11) is 3.16. The van der Waals surface area contributed by atoms with Gasteiger partial charge in [0.2, 0.25) is 5.91 Å². The first-order valence-corrected chi connectivity index (χ1v) is 5.92. The number of nitrogens with zero attached hydrogens (tertiary/aromatic N) is 1. The Balaban J connectivity index is 2.75. The van der Waals surface area contributed by atoms with E-state index in [1.807, 2.05) is 0 Å². The second-order valence-corrected chi connectivity index (χ2v) is 4.17. The third kappa shape index (κ3) is 4.37. The van der Waals surface area contributed by atoms with Gasteiger partial charge in [0.1, 0.15) is 5.82 Å². The minimum atomic E-state index is -0.600. The number of rotatable bonds is 3. The van der Waals surface area contributed by atoms with Gasteiger partial charge in [-0.2, -0.15) is 0 Å². The summed E-state index contributed by atoms with van der Waals surface area (Å²) in [6.07, 6.45) is 0. The van der Waals surface area contributed by atoms with Crippen LogP contribution in [0.1, 0.15) is 15.9 Å². The molecule has 20 heavy (non-hydrogen) atoms. The highest BCUT2D eigenvalue weighted by Crippen LogP contribution is 2.09. The summed E-state index contributed by atoms with van der Waals surface area (Å²) in [4.78, 5) is 24.4. The molecule has 3 N–H and O–H groups in total. The van der Waals surface area contributed by atoms with Crippen LogP contribution in [-0.2, 0) is 4.79 Å². The van der Waals surface area contributed by atoms with Crippen molar-refractivity contribution in [3.63, 3.8) is 0 Å². The molecule has 2 amide bonds. The first kappa shape index (κ1) is 15.7. The lowest BCUT2D eigenvalue weighted by molar-refractivity contribution is -0.127. The average Bonchev–Trinajstić information content (AvgIpc) is 2.42. The van der Waals surface area contributed by atoms with Crippen LogP contribution in [0.5, 0.6) is 0 Å². The maximum Gasteiger partial charge on any atom is 0.251 e. The van der Waals surface area contributed by atoms with Gasteiger partial charge in [0.15, 0.2) is 0 Å². The van der Waals surface area contributed by atoms with Crippen molar-refractivity contribution in [1.82, 2.24) is 10.2 Å². The monoisotopic (exact) mass is 277 g/mol. The smallest absolute Gasteiger partial charge is 0.251 e. The number of hydrogen-bond donors (Lipinski definition) is 2. The van der Waals surface area contributed by atoms with Gasteiger partial charge in [-0.15, -0.1) is 0 Å². The van der Waals surface area contributed by atoms with Crippen molar-refractivity contribution in [3.8, 4) is 11.8 Å². The number of nitrogens with two attached hydrogens (primary N) is 1. The molecule has 0 saturated heterocycles. The van der Waals surface area contributed by atoms with Gasteiger partial charge in [-0.25, -0.2) is 4.39 Å². The number of hydrogen-bond acceptors (Lipinski definition) is 3. The van der Waals surface area contributed by atoms with E-state index < -0.39 is 11.7 Å². The lowest BCUT2D eigenvalue weighted by Crippen LogP contribution is -2.36. The zero-order valence-corrected chi connectivity index (χ0v) is 11.4. The standard InChI is InChI=1S/C14H16FN3O2/c1-18(2)13(19)9-17-14(20)11-6-5-10(4-3-7-16)12(15)8-11/h5-6,8H,7,9,16H2,1-2H3,(H,17,20). The van der Waals surface area contributed by atoms with Crippen LogP contribution in [0, 0.1) is 17.7 Å². The Labute approximate surface area is 116 Å². The SMILES string of the molecule is CN(C)C(=O)CNC(=O)c1ccc(C#CCN)c(F)c1. The first-order valence-electron chi connectivity index (χ1n) is 5.92. The van der Waals surface area contributed by atoms with Crippen molar-refractivity contribution >= 4 is 11.8 Å². The van der Waals surface area contributed by atoms with Gasteiger partial charge in [-0.1, -0.05) is 11.8 Å². The van der Waals surface area contributed by atoms with Crippen LogP contribution in [0.2, 0.25) is 0 Å². The quantitative estimate of drug-likeness (QED) is 0.761. The van der Waals surface area contributed by atoms with Crippen molar-refractivity contribution in [2.24, 2.45) is 5.73 Å². The fourth-order valence-corrected chi connectivity index (χ4v) is 1.32. The number of benzene rings is 1. The molecule has 0 aliphatic rings. The molecule has 0 radical (unpaired) electrons. The highest BCUT2D eigenvalue weighted by Gasteiger charge is 2.11. The van der Waals surface area contributed by atoms with Gasteiger partial charge in [0.05, 0.1) is 18.7 Å². The van der Waals surface area contributed by atoms with Crippen LogP contribution in [0.4, 0.5) is 4.39 Å². The van der Waals surface area contributed by atoms with Crippen LogP contribution in [-0.4, -0.2) is 43.9 Å². The van der Waals surface area contributed by atoms with Crippen molar-refractivity contribution in [2.45, 2.75) is 0 Å². The average molecular weight is 277 g/mol. The van der Waals surface area contributed by atoms with Crippen LogP contribution in [0.25, 0.3) is 0 Å². The molecule has 0 atom stereocenters. The zero-order chi connectivity index (χ0) is 15.1. The second-order valence-electron chi connectivity index (χ2n) is 4.17. The number of carbonyl (C=O) groups excluding carboxylic acids is 2. The molecule has 0 aliphatic heterocycles. The molecule has 1 aromatic carbocycles. The largest absolute Gasteiger partial charge is 0.347 e. The summed E-state index contributed by atoms with van der Waals surface area (Å²) in [5, 5.41) is 2.42. The summed E-state index contributed by atoms with van der Waals surface area (Å²) in [5.41, 5.74) is 5.51. The Hall–Kier alpha value is -2.39. The first-order chi connectivity index (χ1) is 9.45. The number of amides is 2. The summed E-state index contributed by atoms with van der Waals surface area (Å²) >= 11 is 0. The molecule has 0 aliphatic carbocycles. The Morgan fingerprint density at radius 1 is 1.40 bits per heavy atom. The van der Waals surface area contributed by atoms with Crippen molar-refractivity contribution in [3.05, 3.63) is 35.1 Å². The molecule has 1 rings (SSSR count). The highest BCUT2D eigenvalue weighted by atomic mass is 19.1. The van der Waals surface area contributed by atoms with E-state index in [0.29, 0.717) is 0 Å². The van der Waals surface area contributed by atoms with E-state index in [9.17, 15) is 14.0 Å². The molecule has 0 aromatic heterocycles. The molecule has 6 heteroatoms. The molecule has 1 aromatic rings. The molecular formula is C14H16FN3O2. The van der Waals surface area contributed by atoms with Gasteiger partial charge in [-0.3, -0.25) is 9.59 Å². The molecule has 106 valence electrons. The summed E-state index contributed by atoms with van der Waals surface area (Å²) in [6, 6.07) is 3.93. The Morgan fingerprint density at radius 2 is 2.10 bits per heavy atom. The normalized spacial score (nSPS) is 9.40. The van der Waals surface area contributed by atoms with E-state index >= 15 is 0 Å². The second kappa shape index (κ2) is 7.26. The number of likely N-dealkylation sites (N-methyl/N-ethyl adjacent to an activating group) is 1. The maximum absolute atomic E-state index is 13.7. The van der Waals surface area contributed by atoms with Crippen LogP contribution in [0.15, 0.2) is 18.2 Å². The Bertz CT molecular complexity index is 574. The summed E-state index contributed by atoms with van der Waals surface area (Å²) in [6.45, 7) is -0.00346. The van der Waals surface area contributed by atoms with Gasteiger partial charge >= 0.3 is 0 Å². The molecule has 0 fully saturated rings. The predicted octanol–water partition coefficient (Wildman–Crippen LogP) is -0.0461. The Kier molecular flexibility index (Phi) is 5.69. The lowest BCUT2D eigenvalue weighted by atomic mass is 10.1. The number of halogens is 1. The lowest BCUT2D eigenvalue weighted by Gasteiger charge is -2.11. The minimum Gasteiger partial charge on any atom is -0.347 e. The topological polar surface area (TPSA) is 75.4 Å². The van der Waals surface area contributed by atoms with Gasteiger partial charge in [-0.05, 0) is 18.2 Å². The Morgan fingerprint density at radius 3 is 2.65 bits per heavy atom. The van der Waals surface area contributed by atoms with Crippen LogP contribution >= 0.6 is 0 Å². The van der Waals surface area contributed by atoms with E-state index in [4.69, 9.17) is 5.73 Å². The van der Waals surface area contributed by atoms with Gasteiger partial charge in [0, 0.05) is 19.7 Å². The summed E-state index contributed by atoms with van der Waals surface area (Å²) < 4.78 is 13.7. The maximum atomic E-state index is 13.7. The van der Waals surface area contributed by atoms with Crippen LogP contribution < -0.4 is 11.1 Å². The van der Waals surface area contributed by atoms with Crippen molar-refractivity contribution in [2.75, 3.05) is 27.2 Å². The molecule has 0 unspecified atom stereocenters. The van der Waals surface area contributed by atoms with E-state index in [0.717, 1.165) is 6.07 Å². The van der Waals surface area contributed by atoms with E-state index in [2.05, 4.69) is 17.2 Å². The number of carbonyl (C=O) groups is 2. The number of nitrogens with one attached hydrogen (secondary N) is 1. The molecular weight excluding hydrogens is 261 g/mol. The molecule has 0 saturated carbocycles. The van der Waals surface area contributed by atoms with Gasteiger partial charge in [0.25, 0.3) is 5.91 Å². The summed E-state index contributed by atoms with van der Waals surface area (Å²) in [5.74, 6) is 3.73. The minimum absolute atomic E-state index is 0.132. The third-order valence-corrected chi connectivity index (χ3v) is 2.46. The van der Waals surface area contributed by atoms with E-state index in [1.165, 1.54) is 17.0 Å². The molecule has 5 nitrogen and oxygen atoms in total. The van der Waals surface area contributed by atoms with Gasteiger partial charge < -0.3 is 16.0 Å². The van der Waals surface area contributed by atoms with Crippen molar-refractivity contribution in [1.29, 1.82) is 0 Å². The predicted molar refractivity (Wildman–Crippen MR) is 73.4 cm³/mol. The van der Waals surface area contributed by atoms with Crippen LogP contribution in [0.3, 0.4) is 0 Å². The van der Waals surface area contributed by atoms with E-state index in [-0.39, 0.29) is 30.1 Å². The third-order valence-electron chi connectivity index (χ3n) is 2.46. The van der Waals surface area contributed by atoms with E-state index in [1.54, 1.807) is 14.1 Å². The fraction of sp³-hybridized carbons (Fsp3) is 0.286. The molecule has 0 bridgehead atoms. The highest BCUT2D eigenvalue weighted by molar-refractivity contribution is 5.96. The fourth-order valence-electron chi connectivity index (χ4n) is 1.32. The zero-order valence-electron chi connectivity index (χ0n) is 11.4. The van der Waals surface area contributed by atoms with Crippen molar-refractivity contribution < 1.29 is 14.0 Å².